The van der Waals surface area contributed by atoms with Crippen LogP contribution in [0, 0.1) is 11.3 Å². The van der Waals surface area contributed by atoms with Crippen molar-refractivity contribution in [1.82, 2.24) is 9.78 Å². The summed E-state index contributed by atoms with van der Waals surface area (Å²) in [4.78, 5) is 0. The summed E-state index contributed by atoms with van der Waals surface area (Å²) in [6.07, 6.45) is 3.61. The van der Waals surface area contributed by atoms with Gasteiger partial charge in [-0.05, 0) is 38.1 Å². The van der Waals surface area contributed by atoms with Crippen molar-refractivity contribution in [2.75, 3.05) is 5.32 Å². The molecule has 1 atom stereocenters. The summed E-state index contributed by atoms with van der Waals surface area (Å²) in [5.41, 5.74) is 1.71. The normalized spacial score (nSPS) is 12.2. The highest BCUT2D eigenvalue weighted by atomic mass is 35.5. The second-order valence-electron chi connectivity index (χ2n) is 4.56. The van der Waals surface area contributed by atoms with Crippen molar-refractivity contribution in [3.8, 4) is 6.07 Å². The van der Waals surface area contributed by atoms with Crippen LogP contribution in [0.3, 0.4) is 0 Å². The molecule has 5 heteroatoms. The molecular weight excluding hydrogens is 260 g/mol. The summed E-state index contributed by atoms with van der Waals surface area (Å²) >= 11 is 5.83. The van der Waals surface area contributed by atoms with E-state index in [1.165, 1.54) is 0 Å². The molecule has 0 fully saturated rings. The molecule has 0 saturated carbocycles. The Hall–Kier alpha value is -1.99. The second kappa shape index (κ2) is 5.77. The third-order valence-electron chi connectivity index (χ3n) is 2.77. The summed E-state index contributed by atoms with van der Waals surface area (Å²) in [6.45, 7) is 4.09. The third-order valence-corrected chi connectivity index (χ3v) is 3.02. The minimum Gasteiger partial charge on any atom is -0.366 e. The number of hydrogen-bond acceptors (Lipinski definition) is 3. The van der Waals surface area contributed by atoms with Crippen LogP contribution in [-0.2, 0) is 0 Å². The van der Waals surface area contributed by atoms with Crippen LogP contribution in [0.25, 0.3) is 0 Å². The molecule has 2 rings (SSSR count). The van der Waals surface area contributed by atoms with Gasteiger partial charge in [0, 0.05) is 28.5 Å². The SMILES string of the molecule is CC(C)n1cc(C(C#N)Nc2ccc(Cl)cc2)cn1. The Balaban J connectivity index is 2.16. The number of hydrogen-bond donors (Lipinski definition) is 1. The van der Waals surface area contributed by atoms with E-state index in [9.17, 15) is 5.26 Å². The van der Waals surface area contributed by atoms with Crippen molar-refractivity contribution in [3.05, 3.63) is 47.2 Å². The first kappa shape index (κ1) is 13.4. The first-order valence-electron chi connectivity index (χ1n) is 6.06. The summed E-state index contributed by atoms with van der Waals surface area (Å²) in [6, 6.07) is 9.36. The first-order chi connectivity index (χ1) is 9.10. The summed E-state index contributed by atoms with van der Waals surface area (Å²) in [7, 11) is 0. The average Bonchev–Trinajstić information content (AvgIpc) is 2.88. The molecular formula is C14H15ClN4. The maximum absolute atomic E-state index is 9.27. The van der Waals surface area contributed by atoms with Gasteiger partial charge in [0.15, 0.2) is 0 Å². The number of benzene rings is 1. The lowest BCUT2D eigenvalue weighted by atomic mass is 10.1. The fourth-order valence-electron chi connectivity index (χ4n) is 1.69. The molecule has 0 radical (unpaired) electrons. The monoisotopic (exact) mass is 274 g/mol. The minimum absolute atomic E-state index is 0.281. The quantitative estimate of drug-likeness (QED) is 0.923. The highest BCUT2D eigenvalue weighted by Crippen LogP contribution is 2.21. The van der Waals surface area contributed by atoms with Gasteiger partial charge in [0.2, 0.25) is 0 Å². The van der Waals surface area contributed by atoms with Gasteiger partial charge in [-0.1, -0.05) is 11.6 Å². The lowest BCUT2D eigenvalue weighted by Gasteiger charge is -2.11. The molecule has 19 heavy (non-hydrogen) atoms. The zero-order chi connectivity index (χ0) is 13.8. The maximum atomic E-state index is 9.27. The Morgan fingerprint density at radius 1 is 1.32 bits per heavy atom. The topological polar surface area (TPSA) is 53.6 Å². The third kappa shape index (κ3) is 3.27. The Morgan fingerprint density at radius 3 is 2.53 bits per heavy atom. The molecule has 2 aromatic rings. The molecule has 0 spiro atoms. The van der Waals surface area contributed by atoms with E-state index >= 15 is 0 Å². The van der Waals surface area contributed by atoms with Crippen molar-refractivity contribution < 1.29 is 0 Å². The number of halogens is 1. The highest BCUT2D eigenvalue weighted by molar-refractivity contribution is 6.30. The van der Waals surface area contributed by atoms with E-state index in [-0.39, 0.29) is 6.04 Å². The van der Waals surface area contributed by atoms with Gasteiger partial charge in [-0.3, -0.25) is 4.68 Å². The van der Waals surface area contributed by atoms with Crippen LogP contribution in [0.1, 0.15) is 31.5 Å². The van der Waals surface area contributed by atoms with Gasteiger partial charge < -0.3 is 5.32 Å². The minimum atomic E-state index is -0.423. The molecule has 1 unspecified atom stereocenters. The highest BCUT2D eigenvalue weighted by Gasteiger charge is 2.13. The van der Waals surface area contributed by atoms with Crippen LogP contribution in [0.2, 0.25) is 5.02 Å². The van der Waals surface area contributed by atoms with Crippen molar-refractivity contribution in [3.63, 3.8) is 0 Å². The number of rotatable bonds is 4. The van der Waals surface area contributed by atoms with Crippen molar-refractivity contribution >= 4 is 17.3 Å². The Kier molecular flexibility index (Phi) is 4.08. The predicted octanol–water partition coefficient (Wildman–Crippen LogP) is 3.79. The number of anilines is 1. The van der Waals surface area contributed by atoms with Gasteiger partial charge in [-0.25, -0.2) is 0 Å². The van der Waals surface area contributed by atoms with E-state index in [4.69, 9.17) is 11.6 Å². The number of nitriles is 1. The summed E-state index contributed by atoms with van der Waals surface area (Å²) < 4.78 is 1.84. The number of nitrogens with zero attached hydrogens (tertiary/aromatic N) is 3. The fraction of sp³-hybridized carbons (Fsp3) is 0.286. The van der Waals surface area contributed by atoms with Crippen molar-refractivity contribution in [2.45, 2.75) is 25.9 Å². The number of aromatic nitrogens is 2. The van der Waals surface area contributed by atoms with Crippen molar-refractivity contribution in [1.29, 1.82) is 5.26 Å². The molecule has 0 amide bonds. The van der Waals surface area contributed by atoms with E-state index in [0.29, 0.717) is 5.02 Å². The standard InChI is InChI=1S/C14H15ClN4/c1-10(2)19-9-11(8-17-19)14(7-16)18-13-5-3-12(15)4-6-13/h3-6,8-10,14,18H,1-2H3. The lowest BCUT2D eigenvalue weighted by molar-refractivity contribution is 0.532. The van der Waals surface area contributed by atoms with E-state index in [0.717, 1.165) is 11.3 Å². The molecule has 1 N–H and O–H groups in total. The molecule has 1 aromatic heterocycles. The first-order valence-corrected chi connectivity index (χ1v) is 6.43. The predicted molar refractivity (Wildman–Crippen MR) is 76.0 cm³/mol. The molecule has 0 aliphatic heterocycles. The zero-order valence-corrected chi connectivity index (χ0v) is 11.6. The van der Waals surface area contributed by atoms with Crippen LogP contribution < -0.4 is 5.32 Å². The molecule has 98 valence electrons. The average molecular weight is 275 g/mol. The summed E-state index contributed by atoms with van der Waals surface area (Å²) in [5, 5.41) is 17.3. The van der Waals surface area contributed by atoms with E-state index < -0.39 is 6.04 Å². The Morgan fingerprint density at radius 2 is 2.00 bits per heavy atom. The molecule has 0 aliphatic carbocycles. The van der Waals surface area contributed by atoms with Crippen LogP contribution in [0.5, 0.6) is 0 Å². The van der Waals surface area contributed by atoms with Gasteiger partial charge in [0.25, 0.3) is 0 Å². The van der Waals surface area contributed by atoms with Crippen LogP contribution in [0.15, 0.2) is 36.7 Å². The molecule has 0 bridgehead atoms. The zero-order valence-electron chi connectivity index (χ0n) is 10.8. The molecule has 1 heterocycles. The number of nitrogens with one attached hydrogen (secondary N) is 1. The van der Waals surface area contributed by atoms with E-state index in [1.54, 1.807) is 18.3 Å². The largest absolute Gasteiger partial charge is 0.366 e. The van der Waals surface area contributed by atoms with E-state index in [1.807, 2.05) is 36.9 Å². The van der Waals surface area contributed by atoms with Crippen LogP contribution >= 0.6 is 11.6 Å². The van der Waals surface area contributed by atoms with Crippen molar-refractivity contribution in [2.24, 2.45) is 0 Å². The molecule has 1 aromatic carbocycles. The van der Waals surface area contributed by atoms with Gasteiger partial charge >= 0.3 is 0 Å². The maximum Gasteiger partial charge on any atom is 0.143 e. The van der Waals surface area contributed by atoms with Gasteiger partial charge in [-0.2, -0.15) is 10.4 Å². The Bertz CT molecular complexity index is 580. The van der Waals surface area contributed by atoms with Gasteiger partial charge in [0.1, 0.15) is 6.04 Å². The van der Waals surface area contributed by atoms with Gasteiger partial charge in [-0.15, -0.1) is 0 Å². The lowest BCUT2D eigenvalue weighted by Crippen LogP contribution is -2.08. The summed E-state index contributed by atoms with van der Waals surface area (Å²) in [5.74, 6) is 0. The second-order valence-corrected chi connectivity index (χ2v) is 5.00. The van der Waals surface area contributed by atoms with Gasteiger partial charge in [0.05, 0.1) is 12.3 Å². The van der Waals surface area contributed by atoms with E-state index in [2.05, 4.69) is 16.5 Å². The Labute approximate surface area is 117 Å². The van der Waals surface area contributed by atoms with Crippen LogP contribution in [-0.4, -0.2) is 9.78 Å². The fourth-order valence-corrected chi connectivity index (χ4v) is 1.81. The van der Waals surface area contributed by atoms with Crippen LogP contribution in [0.4, 0.5) is 5.69 Å². The molecule has 4 nitrogen and oxygen atoms in total. The smallest absolute Gasteiger partial charge is 0.143 e. The molecule has 0 saturated heterocycles. The molecule has 0 aliphatic rings.